The molecule has 0 rings (SSSR count). The summed E-state index contributed by atoms with van der Waals surface area (Å²) in [4.78, 5) is 0. The number of rotatable bonds is 16. The van der Waals surface area contributed by atoms with E-state index in [9.17, 15) is 10.2 Å². The fourth-order valence-corrected chi connectivity index (χ4v) is 1.16. The topological polar surface area (TPSA) is 66.5 Å². The van der Waals surface area contributed by atoms with Gasteiger partial charge in [-0.25, -0.2) is 0 Å². The van der Waals surface area contributed by atoms with Crippen LogP contribution in [0.5, 0.6) is 0 Å². The van der Waals surface area contributed by atoms with E-state index in [1.54, 1.807) is 0 Å². The molecule has 0 radical (unpaired) electrons. The van der Waals surface area contributed by atoms with Crippen LogP contribution in [0.2, 0.25) is 2.82 Å². The molecule has 21 heavy (non-hydrogen) atoms. The van der Waals surface area contributed by atoms with Crippen molar-refractivity contribution >= 4 is 0 Å². The van der Waals surface area contributed by atoms with Gasteiger partial charge in [-0.05, 0) is 12.7 Å². The van der Waals surface area contributed by atoms with Gasteiger partial charge in [-0.15, -0.1) is 0 Å². The highest BCUT2D eigenvalue weighted by molar-refractivity contribution is 4.93. The third-order valence-electron chi connectivity index (χ3n) is 2.20. The molecule has 3 atom stereocenters. The third kappa shape index (κ3) is 14.3. The lowest BCUT2D eigenvalue weighted by Crippen LogP contribution is -2.36. The van der Waals surface area contributed by atoms with E-state index in [4.69, 9.17) is 28.9 Å². The van der Waals surface area contributed by atoms with Crippen LogP contribution < -0.4 is 5.72 Å². The van der Waals surface area contributed by atoms with Crippen LogP contribution in [0.25, 0.3) is 0 Å². The molecule has 0 saturated heterocycles. The van der Waals surface area contributed by atoms with Crippen LogP contribution >= 0.6 is 0 Å². The van der Waals surface area contributed by atoms with Crippen molar-refractivity contribution in [3.63, 3.8) is 0 Å². The molecule has 0 aliphatic rings. The summed E-state index contributed by atoms with van der Waals surface area (Å²) < 4.78 is 166. The zero-order valence-electron chi connectivity index (χ0n) is 33.0. The van der Waals surface area contributed by atoms with E-state index in [1.165, 1.54) is 0 Å². The predicted molar refractivity (Wildman–Crippen MR) is 91.3 cm³/mol. The van der Waals surface area contributed by atoms with Crippen molar-refractivity contribution in [2.45, 2.75) is 95.8 Å². The van der Waals surface area contributed by atoms with Gasteiger partial charge in [-0.1, -0.05) is 83.0 Å². The maximum absolute atomic E-state index is 10.4. The first-order valence-electron chi connectivity index (χ1n) is 17.0. The van der Waals surface area contributed by atoms with Gasteiger partial charge in [0.25, 0.3) is 0 Å². The van der Waals surface area contributed by atoms with Crippen molar-refractivity contribution in [2.24, 2.45) is 5.72 Å². The fraction of sp³-hybridized carbons (Fsp3) is 0.889. The first-order valence-corrected chi connectivity index (χ1v) is 6.57. The molecule has 0 aliphatic heterocycles. The number of allylic oxidation sites excluding steroid dienone is 1. The Labute approximate surface area is 161 Å². The summed E-state index contributed by atoms with van der Waals surface area (Å²) in [5.74, 6) is 0. The van der Waals surface area contributed by atoms with Gasteiger partial charge in [-0.3, -0.25) is 0 Å². The zero-order chi connectivity index (χ0) is 34.3. The van der Waals surface area contributed by atoms with Gasteiger partial charge < -0.3 is 15.9 Å². The molecule has 0 aromatic heterocycles. The lowest BCUT2D eigenvalue weighted by Gasteiger charge is -2.11. The van der Waals surface area contributed by atoms with E-state index in [-0.39, 0.29) is 12.8 Å². The van der Waals surface area contributed by atoms with Crippen molar-refractivity contribution in [1.29, 1.82) is 0 Å². The van der Waals surface area contributed by atoms with Crippen LogP contribution in [0.4, 0.5) is 0 Å². The first kappa shape index (κ1) is 4.81. The SMILES string of the molecule is [2H]/C(=C(/[2H])[C@@]([2H])(O)[C@@]([2H])(N([2H])[2H])C([2H])([2H])O)C([2H])([2H])C([2H])([2H])C([2H])([2H])C([2H])([2H])C([2H])([2H])C([2H])([2H])C([2H])CCCCCC. The Bertz CT molecular complexity index is 959. The predicted octanol–water partition coefficient (Wildman–Crippen LogP) is 3.92. The summed E-state index contributed by atoms with van der Waals surface area (Å²) in [6.07, 6.45) is -29.5. The smallest absolute Gasteiger partial charge is 0.119 e. The maximum Gasteiger partial charge on any atom is 0.119 e. The van der Waals surface area contributed by atoms with Gasteiger partial charge >= 0.3 is 0 Å². The lowest BCUT2D eigenvalue weighted by atomic mass is 10.0. The number of aliphatic hydroxyl groups is 2. The molecule has 4 N–H and O–H groups in total. The molecule has 0 saturated carbocycles. The van der Waals surface area contributed by atoms with Crippen LogP contribution in [-0.2, 0) is 0 Å². The van der Waals surface area contributed by atoms with Crippen molar-refractivity contribution < 1.29 is 39.1 Å². The zero-order valence-corrected chi connectivity index (χ0v) is 12.0. The quantitative estimate of drug-likeness (QED) is 0.298. The normalized spacial score (nSPS) is 39.7. The second kappa shape index (κ2) is 16.0. The Hall–Kier alpha value is -0.380. The highest BCUT2D eigenvalue weighted by atomic mass is 16.3. The molecule has 0 aliphatic carbocycles. The molecular weight excluding hydrogens is 262 g/mol. The van der Waals surface area contributed by atoms with Gasteiger partial charge in [0.2, 0.25) is 0 Å². The van der Waals surface area contributed by atoms with Crippen LogP contribution in [0.1, 0.15) is 110 Å². The van der Waals surface area contributed by atoms with Crippen molar-refractivity contribution in [3.05, 3.63) is 12.1 Å². The Balaban J connectivity index is 7.00. The van der Waals surface area contributed by atoms with Crippen LogP contribution in [0, 0.1) is 0 Å². The van der Waals surface area contributed by atoms with E-state index in [1.807, 2.05) is 6.92 Å². The minimum Gasteiger partial charge on any atom is -0.395 e. The molecule has 0 aromatic carbocycles. The van der Waals surface area contributed by atoms with Crippen LogP contribution in [-0.4, -0.2) is 28.9 Å². The number of hydrogen-bond donors (Lipinski definition) is 3. The summed E-state index contributed by atoms with van der Waals surface area (Å²) in [5.41, 5.74) is -1.08. The highest BCUT2D eigenvalue weighted by Gasteiger charge is 2.08. The Morgan fingerprint density at radius 2 is 1.90 bits per heavy atom. The standard InChI is InChI=1S/C18H37NO2/c1-2-3-4-5-6-7-8-9-10-11-12-13-14-15-18(21)17(19)16-20/h14-15,17-18,20-21H,2-13,16,19H2,1H3/b15-14+/t17-,18+/m0/s1/i7D,8D2,9D2,10D2,11D2,12D2,13D2,14D,15D,16D2,17D,18D/hD2/t7?,17-,18+. The fourth-order valence-electron chi connectivity index (χ4n) is 1.16. The molecule has 0 amide bonds. The van der Waals surface area contributed by atoms with E-state index in [0.29, 0.717) is 12.8 Å². The summed E-state index contributed by atoms with van der Waals surface area (Å²) in [6, 6.07) is -8.69. The van der Waals surface area contributed by atoms with Gasteiger partial charge in [0.05, 0.1) is 26.9 Å². The van der Waals surface area contributed by atoms with Gasteiger partial charge in [0.15, 0.2) is 0 Å². The molecule has 3 heteroatoms. The summed E-state index contributed by atoms with van der Waals surface area (Å²) in [7, 11) is 0. The monoisotopic (exact) mass is 320 g/mol. The molecule has 0 spiro atoms. The molecule has 126 valence electrons. The van der Waals surface area contributed by atoms with Crippen molar-refractivity contribution in [3.8, 4) is 0 Å². The Morgan fingerprint density at radius 3 is 2.62 bits per heavy atom. The van der Waals surface area contributed by atoms with Gasteiger partial charge in [0.1, 0.15) is 2.82 Å². The van der Waals surface area contributed by atoms with E-state index in [2.05, 4.69) is 0 Å². The average molecular weight is 321 g/mol. The first-order chi connectivity index (χ1) is 18.2. The molecule has 0 heterocycles. The second-order valence-electron chi connectivity index (χ2n) is 3.88. The second-order valence-corrected chi connectivity index (χ2v) is 3.88. The number of unbranched alkanes of at least 4 members (excludes halogenated alkanes) is 3. The van der Waals surface area contributed by atoms with Crippen molar-refractivity contribution in [2.75, 3.05) is 6.56 Å². The van der Waals surface area contributed by atoms with E-state index >= 15 is 0 Å². The molecule has 3 nitrogen and oxygen atoms in total. The van der Waals surface area contributed by atoms with Crippen LogP contribution in [0.15, 0.2) is 12.1 Å². The molecule has 0 bridgehead atoms. The molecule has 0 aromatic rings. The third-order valence-corrected chi connectivity index (χ3v) is 2.20. The summed E-state index contributed by atoms with van der Waals surface area (Å²) in [5, 5.41) is 20.0. The minimum absolute atomic E-state index is 0.240. The molecular formula is C18H37NO2. The minimum atomic E-state index is -4.46. The van der Waals surface area contributed by atoms with E-state index in [0.717, 1.165) is 6.42 Å². The highest BCUT2D eigenvalue weighted by Crippen LogP contribution is 2.12. The number of hydrogen-bond acceptors (Lipinski definition) is 3. The van der Waals surface area contributed by atoms with Gasteiger partial charge in [0, 0.05) is 17.8 Å². The van der Waals surface area contributed by atoms with Crippen LogP contribution in [0.3, 0.4) is 0 Å². The van der Waals surface area contributed by atoms with Gasteiger partial charge in [-0.2, -0.15) is 0 Å². The number of nitrogens with two attached hydrogens (primary N) is 1. The van der Waals surface area contributed by atoms with E-state index < -0.39 is 81.1 Å². The Kier molecular flexibility index (Phi) is 3.66. The lowest BCUT2D eigenvalue weighted by molar-refractivity contribution is 0.144. The molecule has 0 fully saturated rings. The average Bonchev–Trinajstić information content (AvgIpc) is 2.83. The largest absolute Gasteiger partial charge is 0.395 e. The maximum atomic E-state index is 10.4. The van der Waals surface area contributed by atoms with Crippen molar-refractivity contribution in [1.82, 2.24) is 0 Å². The summed E-state index contributed by atoms with van der Waals surface area (Å²) >= 11 is 0. The summed E-state index contributed by atoms with van der Waals surface area (Å²) in [6.45, 7) is -2.32. The molecule has 1 unspecified atom stereocenters. The Morgan fingerprint density at radius 1 is 1.19 bits per heavy atom.